The Labute approximate surface area is 120 Å². The van der Waals surface area contributed by atoms with Crippen LogP contribution in [0.4, 0.5) is 4.79 Å². The SMILES string of the molecule is COC(=O)CC1(O)CCCN(C(=O)OC(C)(C)C)CC1. The van der Waals surface area contributed by atoms with Crippen molar-refractivity contribution in [3.8, 4) is 0 Å². The van der Waals surface area contributed by atoms with E-state index in [9.17, 15) is 14.7 Å². The third kappa shape index (κ3) is 5.36. The third-order valence-corrected chi connectivity index (χ3v) is 3.27. The van der Waals surface area contributed by atoms with Gasteiger partial charge in [0, 0.05) is 13.1 Å². The fraction of sp³-hybridized carbons (Fsp3) is 0.857. The molecule has 0 spiro atoms. The van der Waals surface area contributed by atoms with Gasteiger partial charge in [0.15, 0.2) is 0 Å². The second-order valence-corrected chi connectivity index (χ2v) is 6.30. The number of hydrogen-bond acceptors (Lipinski definition) is 5. The molecule has 0 aromatic heterocycles. The van der Waals surface area contributed by atoms with Gasteiger partial charge in [-0.1, -0.05) is 0 Å². The number of ether oxygens (including phenoxy) is 2. The van der Waals surface area contributed by atoms with Gasteiger partial charge in [-0.15, -0.1) is 0 Å². The number of esters is 1. The van der Waals surface area contributed by atoms with Gasteiger partial charge in [-0.05, 0) is 40.0 Å². The molecule has 1 atom stereocenters. The lowest BCUT2D eigenvalue weighted by Crippen LogP contribution is -2.39. The predicted molar refractivity (Wildman–Crippen MR) is 73.2 cm³/mol. The molecule has 116 valence electrons. The Morgan fingerprint density at radius 2 is 1.90 bits per heavy atom. The van der Waals surface area contributed by atoms with Crippen molar-refractivity contribution in [3.05, 3.63) is 0 Å². The first-order chi connectivity index (χ1) is 9.15. The normalized spacial score (nSPS) is 23.9. The summed E-state index contributed by atoms with van der Waals surface area (Å²) in [6.07, 6.45) is 1.04. The molecule has 1 N–H and O–H groups in total. The van der Waals surface area contributed by atoms with Gasteiger partial charge in [0.2, 0.25) is 0 Å². The van der Waals surface area contributed by atoms with Crippen molar-refractivity contribution >= 4 is 12.1 Å². The first-order valence-electron chi connectivity index (χ1n) is 6.92. The maximum Gasteiger partial charge on any atom is 0.410 e. The van der Waals surface area contributed by atoms with E-state index >= 15 is 0 Å². The molecule has 20 heavy (non-hydrogen) atoms. The van der Waals surface area contributed by atoms with Gasteiger partial charge in [-0.3, -0.25) is 4.79 Å². The second-order valence-electron chi connectivity index (χ2n) is 6.30. The Hall–Kier alpha value is -1.30. The summed E-state index contributed by atoms with van der Waals surface area (Å²) in [6, 6.07) is 0. The smallest absolute Gasteiger partial charge is 0.410 e. The molecule has 1 aliphatic heterocycles. The number of carbonyl (C=O) groups excluding carboxylic acids is 2. The van der Waals surface area contributed by atoms with Gasteiger partial charge in [-0.25, -0.2) is 4.79 Å². The van der Waals surface area contributed by atoms with Crippen molar-refractivity contribution < 1.29 is 24.2 Å². The molecule has 6 nitrogen and oxygen atoms in total. The van der Waals surface area contributed by atoms with Crippen LogP contribution < -0.4 is 0 Å². The molecule has 1 fully saturated rings. The van der Waals surface area contributed by atoms with E-state index in [1.807, 2.05) is 20.8 Å². The van der Waals surface area contributed by atoms with Crippen LogP contribution in [0, 0.1) is 0 Å². The van der Waals surface area contributed by atoms with Crippen LogP contribution in [0.5, 0.6) is 0 Å². The molecular weight excluding hydrogens is 262 g/mol. The Morgan fingerprint density at radius 1 is 1.25 bits per heavy atom. The van der Waals surface area contributed by atoms with Crippen LogP contribution in [0.2, 0.25) is 0 Å². The maximum absolute atomic E-state index is 12.0. The number of aliphatic hydroxyl groups is 1. The molecule has 1 heterocycles. The fourth-order valence-electron chi connectivity index (χ4n) is 2.21. The summed E-state index contributed by atoms with van der Waals surface area (Å²) in [4.78, 5) is 24.9. The number of nitrogens with zero attached hydrogens (tertiary/aromatic N) is 1. The van der Waals surface area contributed by atoms with E-state index in [0.29, 0.717) is 32.4 Å². The summed E-state index contributed by atoms with van der Waals surface area (Å²) in [7, 11) is 1.30. The third-order valence-electron chi connectivity index (χ3n) is 3.27. The van der Waals surface area contributed by atoms with E-state index in [2.05, 4.69) is 4.74 Å². The summed E-state index contributed by atoms with van der Waals surface area (Å²) >= 11 is 0. The summed E-state index contributed by atoms with van der Waals surface area (Å²) < 4.78 is 9.91. The van der Waals surface area contributed by atoms with Crippen molar-refractivity contribution in [2.45, 2.75) is 57.7 Å². The van der Waals surface area contributed by atoms with Gasteiger partial charge < -0.3 is 19.5 Å². The molecule has 1 amide bonds. The lowest BCUT2D eigenvalue weighted by molar-refractivity contribution is -0.146. The first-order valence-corrected chi connectivity index (χ1v) is 6.92. The van der Waals surface area contributed by atoms with E-state index in [-0.39, 0.29) is 12.5 Å². The van der Waals surface area contributed by atoms with Crippen LogP contribution in [-0.4, -0.2) is 53.5 Å². The largest absolute Gasteiger partial charge is 0.469 e. The number of amides is 1. The van der Waals surface area contributed by atoms with Gasteiger partial charge in [0.05, 0.1) is 19.1 Å². The van der Waals surface area contributed by atoms with Crippen LogP contribution in [0.15, 0.2) is 0 Å². The molecule has 6 heteroatoms. The molecule has 1 aliphatic rings. The molecule has 0 radical (unpaired) electrons. The minimum atomic E-state index is -1.09. The van der Waals surface area contributed by atoms with E-state index < -0.39 is 17.2 Å². The maximum atomic E-state index is 12.0. The predicted octanol–water partition coefficient (Wildman–Crippen LogP) is 1.70. The zero-order chi connectivity index (χ0) is 15.4. The standard InChI is InChI=1S/C14H25NO5/c1-13(2,3)20-12(17)15-8-5-6-14(18,7-9-15)10-11(16)19-4/h18H,5-10H2,1-4H3. The zero-order valence-electron chi connectivity index (χ0n) is 12.8. The van der Waals surface area contributed by atoms with Gasteiger partial charge >= 0.3 is 12.1 Å². The molecule has 1 rings (SSSR count). The Balaban J connectivity index is 2.58. The molecule has 0 bridgehead atoms. The van der Waals surface area contributed by atoms with Gasteiger partial charge in [0.25, 0.3) is 0 Å². The lowest BCUT2D eigenvalue weighted by Gasteiger charge is -2.27. The van der Waals surface area contributed by atoms with Crippen LogP contribution in [0.1, 0.15) is 46.5 Å². The summed E-state index contributed by atoms with van der Waals surface area (Å²) in [6.45, 7) is 6.35. The minimum absolute atomic E-state index is 0.0361. The number of methoxy groups -OCH3 is 1. The Bertz CT molecular complexity index is 363. The summed E-state index contributed by atoms with van der Waals surface area (Å²) in [5, 5.41) is 10.4. The highest BCUT2D eigenvalue weighted by Gasteiger charge is 2.35. The van der Waals surface area contributed by atoms with E-state index in [1.54, 1.807) is 4.90 Å². The first kappa shape index (κ1) is 16.8. The van der Waals surface area contributed by atoms with Crippen molar-refractivity contribution in [3.63, 3.8) is 0 Å². The van der Waals surface area contributed by atoms with Crippen LogP contribution in [0.3, 0.4) is 0 Å². The highest BCUT2D eigenvalue weighted by atomic mass is 16.6. The zero-order valence-corrected chi connectivity index (χ0v) is 12.8. The second kappa shape index (κ2) is 6.43. The Morgan fingerprint density at radius 3 is 2.45 bits per heavy atom. The highest BCUT2D eigenvalue weighted by Crippen LogP contribution is 2.26. The molecule has 1 saturated heterocycles. The average Bonchev–Trinajstić information content (AvgIpc) is 2.49. The number of hydrogen-bond donors (Lipinski definition) is 1. The minimum Gasteiger partial charge on any atom is -0.469 e. The van der Waals surface area contributed by atoms with E-state index in [4.69, 9.17) is 4.74 Å². The topological polar surface area (TPSA) is 76.1 Å². The summed E-state index contributed by atoms with van der Waals surface area (Å²) in [5.41, 5.74) is -1.63. The fourth-order valence-corrected chi connectivity index (χ4v) is 2.21. The van der Waals surface area contributed by atoms with E-state index in [1.165, 1.54) is 7.11 Å². The van der Waals surface area contributed by atoms with Gasteiger partial charge in [0.1, 0.15) is 5.60 Å². The molecule has 0 aliphatic carbocycles. The van der Waals surface area contributed by atoms with Gasteiger partial charge in [-0.2, -0.15) is 0 Å². The highest BCUT2D eigenvalue weighted by molar-refractivity contribution is 5.70. The van der Waals surface area contributed by atoms with Crippen LogP contribution >= 0.6 is 0 Å². The van der Waals surface area contributed by atoms with Crippen LogP contribution in [0.25, 0.3) is 0 Å². The Kier molecular flexibility index (Phi) is 5.39. The molecule has 0 saturated carbocycles. The van der Waals surface area contributed by atoms with Crippen LogP contribution in [-0.2, 0) is 14.3 Å². The van der Waals surface area contributed by atoms with E-state index in [0.717, 1.165) is 0 Å². The quantitative estimate of drug-likeness (QED) is 0.782. The lowest BCUT2D eigenvalue weighted by atomic mass is 9.91. The molecule has 0 aromatic rings. The van der Waals surface area contributed by atoms with Crippen molar-refractivity contribution in [2.75, 3.05) is 20.2 Å². The number of carbonyl (C=O) groups is 2. The molecule has 0 aromatic carbocycles. The molecular formula is C14H25NO5. The van der Waals surface area contributed by atoms with Crippen molar-refractivity contribution in [1.29, 1.82) is 0 Å². The average molecular weight is 287 g/mol. The van der Waals surface area contributed by atoms with Crippen molar-refractivity contribution in [1.82, 2.24) is 4.90 Å². The molecule has 1 unspecified atom stereocenters. The van der Waals surface area contributed by atoms with Crippen molar-refractivity contribution in [2.24, 2.45) is 0 Å². The summed E-state index contributed by atoms with van der Waals surface area (Å²) in [5.74, 6) is -0.432. The number of likely N-dealkylation sites (tertiary alicyclic amines) is 1. The number of rotatable bonds is 2. The monoisotopic (exact) mass is 287 g/mol.